The lowest BCUT2D eigenvalue weighted by molar-refractivity contribution is 0.369. The van der Waals surface area contributed by atoms with E-state index in [9.17, 15) is 0 Å². The lowest BCUT2D eigenvalue weighted by atomic mass is 9.95. The first-order valence-electron chi connectivity index (χ1n) is 10.3. The summed E-state index contributed by atoms with van der Waals surface area (Å²) >= 11 is 0. The van der Waals surface area contributed by atoms with Gasteiger partial charge in [-0.3, -0.25) is 4.99 Å². The summed E-state index contributed by atoms with van der Waals surface area (Å²) < 4.78 is 7.45. The van der Waals surface area contributed by atoms with Gasteiger partial charge < -0.3 is 15.1 Å². The summed E-state index contributed by atoms with van der Waals surface area (Å²) in [7, 11) is 0. The van der Waals surface area contributed by atoms with Gasteiger partial charge >= 0.3 is 0 Å². The molecule has 5 rings (SSSR count). The van der Waals surface area contributed by atoms with Gasteiger partial charge in [0, 0.05) is 31.5 Å². The highest BCUT2D eigenvalue weighted by atomic mass is 16.3. The van der Waals surface area contributed by atoms with Gasteiger partial charge in [-0.1, -0.05) is 6.42 Å². The minimum absolute atomic E-state index is 0.340. The molecule has 0 amide bonds. The maximum absolute atomic E-state index is 5.44. The zero-order valence-corrected chi connectivity index (χ0v) is 15.7. The van der Waals surface area contributed by atoms with Crippen LogP contribution in [0, 0.1) is 11.8 Å². The molecule has 3 aliphatic rings. The largest absolute Gasteiger partial charge is 0.469 e. The van der Waals surface area contributed by atoms with Gasteiger partial charge in [-0.15, -0.1) is 0 Å². The highest BCUT2D eigenvalue weighted by Crippen LogP contribution is 2.44. The van der Waals surface area contributed by atoms with Crippen molar-refractivity contribution in [2.45, 2.75) is 63.6 Å². The summed E-state index contributed by atoms with van der Waals surface area (Å²) in [4.78, 5) is 9.20. The lowest BCUT2D eigenvalue weighted by Crippen LogP contribution is -2.51. The van der Waals surface area contributed by atoms with Crippen molar-refractivity contribution in [1.29, 1.82) is 0 Å². The zero-order chi connectivity index (χ0) is 18.1. The van der Waals surface area contributed by atoms with Crippen LogP contribution in [-0.4, -0.2) is 39.4 Å². The Bertz CT molecular complexity index is 782. The number of aromatic nitrogens is 3. The molecule has 0 saturated heterocycles. The van der Waals surface area contributed by atoms with Gasteiger partial charge in [0.25, 0.3) is 0 Å². The SMILES string of the molecule is c1coc(CCN=C(NC2CCc3ncnn3C2)NC2CC3CCC2C3)c1. The number of hydrogen-bond donors (Lipinski definition) is 2. The number of aliphatic imine (C=N–C) groups is 1. The maximum Gasteiger partial charge on any atom is 0.191 e. The second-order valence-electron chi connectivity index (χ2n) is 8.22. The number of hydrogen-bond acceptors (Lipinski definition) is 4. The minimum Gasteiger partial charge on any atom is -0.469 e. The van der Waals surface area contributed by atoms with E-state index in [0.717, 1.165) is 61.7 Å². The van der Waals surface area contributed by atoms with Crippen LogP contribution in [0.15, 0.2) is 34.1 Å². The summed E-state index contributed by atoms with van der Waals surface area (Å²) in [5.74, 6) is 4.77. The van der Waals surface area contributed by atoms with Crippen molar-refractivity contribution in [3.8, 4) is 0 Å². The molecule has 2 saturated carbocycles. The Morgan fingerprint density at radius 2 is 2.26 bits per heavy atom. The van der Waals surface area contributed by atoms with E-state index in [-0.39, 0.29) is 0 Å². The maximum atomic E-state index is 5.44. The number of guanidine groups is 1. The fourth-order valence-corrected chi connectivity index (χ4v) is 5.01. The molecular weight excluding hydrogens is 340 g/mol. The summed E-state index contributed by atoms with van der Waals surface area (Å²) in [5.41, 5.74) is 0. The van der Waals surface area contributed by atoms with Gasteiger partial charge in [0.1, 0.15) is 17.9 Å². The van der Waals surface area contributed by atoms with Crippen molar-refractivity contribution in [2.24, 2.45) is 16.8 Å². The summed E-state index contributed by atoms with van der Waals surface area (Å²) in [6, 6.07) is 4.86. The molecule has 4 unspecified atom stereocenters. The number of aryl methyl sites for hydroxylation is 1. The van der Waals surface area contributed by atoms with Crippen LogP contribution < -0.4 is 10.6 Å². The Balaban J connectivity index is 1.24. The smallest absolute Gasteiger partial charge is 0.191 e. The van der Waals surface area contributed by atoms with Gasteiger partial charge in [-0.05, 0) is 49.7 Å². The van der Waals surface area contributed by atoms with Crippen LogP contribution in [0.2, 0.25) is 0 Å². The second kappa shape index (κ2) is 7.37. The van der Waals surface area contributed by atoms with Crippen LogP contribution in [0.25, 0.3) is 0 Å². The Morgan fingerprint density at radius 1 is 1.26 bits per heavy atom. The third-order valence-electron chi connectivity index (χ3n) is 6.41. The molecule has 2 aromatic rings. The Labute approximate surface area is 159 Å². The van der Waals surface area contributed by atoms with Crippen LogP contribution in [0.5, 0.6) is 0 Å². The van der Waals surface area contributed by atoms with Crippen LogP contribution in [0.4, 0.5) is 0 Å². The normalized spacial score (nSPS) is 29.7. The van der Waals surface area contributed by atoms with Crippen LogP contribution in [-0.2, 0) is 19.4 Å². The highest BCUT2D eigenvalue weighted by molar-refractivity contribution is 5.80. The number of nitrogens with one attached hydrogen (secondary N) is 2. The third kappa shape index (κ3) is 3.73. The first-order chi connectivity index (χ1) is 13.3. The van der Waals surface area contributed by atoms with E-state index in [1.807, 2.05) is 16.8 Å². The predicted molar refractivity (Wildman–Crippen MR) is 102 cm³/mol. The van der Waals surface area contributed by atoms with E-state index in [1.54, 1.807) is 12.6 Å². The van der Waals surface area contributed by atoms with Gasteiger partial charge in [0.2, 0.25) is 0 Å². The van der Waals surface area contributed by atoms with Crippen molar-refractivity contribution in [3.05, 3.63) is 36.3 Å². The Morgan fingerprint density at radius 3 is 3.07 bits per heavy atom. The number of fused-ring (bicyclic) bond motifs is 3. The molecule has 144 valence electrons. The van der Waals surface area contributed by atoms with Crippen molar-refractivity contribution >= 4 is 5.96 Å². The van der Waals surface area contributed by atoms with Gasteiger partial charge in [0.05, 0.1) is 12.8 Å². The molecule has 2 N–H and O–H groups in total. The van der Waals surface area contributed by atoms with Crippen molar-refractivity contribution in [1.82, 2.24) is 25.4 Å². The molecule has 3 heterocycles. The van der Waals surface area contributed by atoms with Crippen LogP contribution in [0.1, 0.15) is 43.7 Å². The summed E-state index contributed by atoms with van der Waals surface area (Å²) in [6.45, 7) is 1.58. The molecule has 7 heteroatoms. The van der Waals surface area contributed by atoms with Gasteiger partial charge in [-0.2, -0.15) is 5.10 Å². The second-order valence-corrected chi connectivity index (χ2v) is 8.22. The fourth-order valence-electron chi connectivity index (χ4n) is 5.01. The molecule has 2 aliphatic carbocycles. The molecule has 2 fully saturated rings. The molecule has 0 radical (unpaired) electrons. The van der Waals surface area contributed by atoms with E-state index in [4.69, 9.17) is 9.41 Å². The highest BCUT2D eigenvalue weighted by Gasteiger charge is 2.40. The number of nitrogens with zero attached hydrogens (tertiary/aromatic N) is 4. The molecule has 0 aromatic carbocycles. The predicted octanol–water partition coefficient (Wildman–Crippen LogP) is 2.15. The minimum atomic E-state index is 0.340. The number of furan rings is 1. The first kappa shape index (κ1) is 16.8. The molecule has 7 nitrogen and oxygen atoms in total. The molecule has 2 bridgehead atoms. The van der Waals surface area contributed by atoms with E-state index < -0.39 is 0 Å². The van der Waals surface area contributed by atoms with Gasteiger partial charge in [-0.25, -0.2) is 9.67 Å². The molecule has 2 aromatic heterocycles. The van der Waals surface area contributed by atoms with Crippen molar-refractivity contribution in [2.75, 3.05) is 6.54 Å². The Kier molecular flexibility index (Phi) is 4.59. The number of rotatable bonds is 5. The first-order valence-corrected chi connectivity index (χ1v) is 10.3. The average molecular weight is 368 g/mol. The topological polar surface area (TPSA) is 80.3 Å². The Hall–Kier alpha value is -2.31. The standard InChI is InChI=1S/C20H28N6O/c1-2-17(27-9-1)7-8-21-20(25-18-11-14-3-4-15(18)10-14)24-16-5-6-19-22-13-23-26(19)12-16/h1-2,9,13-16,18H,3-8,10-12H2,(H2,21,24,25). The molecule has 0 spiro atoms. The molecule has 1 aliphatic heterocycles. The lowest BCUT2D eigenvalue weighted by Gasteiger charge is -2.29. The van der Waals surface area contributed by atoms with Gasteiger partial charge in [0.15, 0.2) is 5.96 Å². The van der Waals surface area contributed by atoms with Crippen molar-refractivity contribution in [3.63, 3.8) is 0 Å². The van der Waals surface area contributed by atoms with Crippen molar-refractivity contribution < 1.29 is 4.42 Å². The fraction of sp³-hybridized carbons (Fsp3) is 0.650. The van der Waals surface area contributed by atoms with E-state index >= 15 is 0 Å². The zero-order valence-electron chi connectivity index (χ0n) is 15.7. The van der Waals surface area contributed by atoms with E-state index in [2.05, 4.69) is 20.7 Å². The quantitative estimate of drug-likeness (QED) is 0.624. The van der Waals surface area contributed by atoms with E-state index in [1.165, 1.54) is 25.7 Å². The third-order valence-corrected chi connectivity index (χ3v) is 6.41. The molecule has 27 heavy (non-hydrogen) atoms. The molecular formula is C20H28N6O. The summed E-state index contributed by atoms with van der Waals surface area (Å²) in [5, 5.41) is 11.8. The van der Waals surface area contributed by atoms with Crippen LogP contribution >= 0.6 is 0 Å². The van der Waals surface area contributed by atoms with Crippen LogP contribution in [0.3, 0.4) is 0 Å². The monoisotopic (exact) mass is 368 g/mol. The average Bonchev–Trinajstić information content (AvgIpc) is 3.46. The summed E-state index contributed by atoms with van der Waals surface area (Å²) in [6.07, 6.45) is 11.7. The molecule has 4 atom stereocenters. The van der Waals surface area contributed by atoms with E-state index in [0.29, 0.717) is 12.1 Å².